The number of halogens is 1. The third-order valence-electron chi connectivity index (χ3n) is 1.14. The van der Waals surface area contributed by atoms with Crippen LogP contribution in [0.5, 0.6) is 0 Å². The highest BCUT2D eigenvalue weighted by Crippen LogP contribution is 1.88. The van der Waals surface area contributed by atoms with E-state index < -0.39 is 0 Å². The normalized spacial score (nSPS) is 9.56. The first-order valence-corrected chi connectivity index (χ1v) is 4.53. The van der Waals surface area contributed by atoms with E-state index in [1.54, 1.807) is 0 Å². The Morgan fingerprint density at radius 2 is 2.33 bits per heavy atom. The van der Waals surface area contributed by atoms with Crippen LogP contribution in [-0.2, 0) is 0 Å². The van der Waals surface area contributed by atoms with Crippen LogP contribution < -0.4 is 0 Å². The largest absolute Gasteiger partial charge is 0.290 e. The van der Waals surface area contributed by atoms with Crippen molar-refractivity contribution >= 4 is 22.6 Å². The number of nitriles is 1. The number of hydrogen-bond donors (Lipinski definition) is 0. The first kappa shape index (κ1) is 9.18. The molecule has 2 nitrogen and oxygen atoms in total. The van der Waals surface area contributed by atoms with Gasteiger partial charge in [0.2, 0.25) is 0 Å². The van der Waals surface area contributed by atoms with Gasteiger partial charge in [0.05, 0.1) is 12.6 Å². The summed E-state index contributed by atoms with van der Waals surface area (Å²) in [6.07, 6.45) is 0. The Labute approximate surface area is 70.0 Å². The fourth-order valence-electron chi connectivity index (χ4n) is 0.568. The van der Waals surface area contributed by atoms with E-state index in [0.717, 1.165) is 17.5 Å². The first-order chi connectivity index (χ1) is 4.35. The minimum atomic E-state index is 0.569. The molecule has 0 atom stereocenters. The van der Waals surface area contributed by atoms with Crippen molar-refractivity contribution in [3.8, 4) is 6.07 Å². The van der Waals surface area contributed by atoms with Crippen molar-refractivity contribution in [1.82, 2.24) is 4.90 Å². The van der Waals surface area contributed by atoms with Crippen molar-refractivity contribution in [3.05, 3.63) is 0 Å². The van der Waals surface area contributed by atoms with E-state index >= 15 is 0 Å². The Morgan fingerprint density at radius 1 is 1.67 bits per heavy atom. The molecular weight excluding hydrogens is 227 g/mol. The molecule has 0 rings (SSSR count). The highest BCUT2D eigenvalue weighted by molar-refractivity contribution is 14.1. The van der Waals surface area contributed by atoms with Gasteiger partial charge in [0, 0.05) is 11.0 Å². The summed E-state index contributed by atoms with van der Waals surface area (Å²) in [4.78, 5) is 2.12. The number of nitrogens with zero attached hydrogens (tertiary/aromatic N) is 2. The lowest BCUT2D eigenvalue weighted by molar-refractivity contribution is 0.346. The Bertz CT molecular complexity index is 97.7. The van der Waals surface area contributed by atoms with E-state index in [1.165, 1.54) is 0 Å². The maximum absolute atomic E-state index is 8.30. The zero-order valence-electron chi connectivity index (χ0n) is 5.60. The molecule has 0 saturated carbocycles. The molecule has 0 aliphatic rings. The quantitative estimate of drug-likeness (QED) is 0.419. The van der Waals surface area contributed by atoms with Crippen LogP contribution in [0.3, 0.4) is 0 Å². The van der Waals surface area contributed by atoms with Gasteiger partial charge < -0.3 is 0 Å². The molecule has 52 valence electrons. The monoisotopic (exact) mass is 238 g/mol. The summed E-state index contributed by atoms with van der Waals surface area (Å²) in [5, 5.41) is 8.30. The molecule has 0 saturated heterocycles. The second kappa shape index (κ2) is 6.30. The highest BCUT2D eigenvalue weighted by Gasteiger charge is 1.96. The fourth-order valence-corrected chi connectivity index (χ4v) is 1.25. The Morgan fingerprint density at radius 3 is 2.67 bits per heavy atom. The lowest BCUT2D eigenvalue weighted by Crippen LogP contribution is -2.25. The maximum Gasteiger partial charge on any atom is 0.0866 e. The molecule has 0 amide bonds. The van der Waals surface area contributed by atoms with Crippen LogP contribution in [0.2, 0.25) is 0 Å². The second-order valence-electron chi connectivity index (χ2n) is 1.72. The van der Waals surface area contributed by atoms with Crippen molar-refractivity contribution in [1.29, 1.82) is 5.26 Å². The standard InChI is InChI=1S/C6H11IN2/c1-2-9(5-3-7)6-4-8/h2-3,5-6H2,1H3. The molecule has 0 bridgehead atoms. The van der Waals surface area contributed by atoms with Crippen LogP contribution in [0.15, 0.2) is 0 Å². The van der Waals surface area contributed by atoms with Crippen LogP contribution in [0.25, 0.3) is 0 Å². The molecule has 0 aliphatic carbocycles. The SMILES string of the molecule is CCN(CC#N)CCI. The zero-order chi connectivity index (χ0) is 7.11. The molecule has 9 heavy (non-hydrogen) atoms. The van der Waals surface area contributed by atoms with E-state index in [4.69, 9.17) is 5.26 Å². The Balaban J connectivity index is 3.32. The average molecular weight is 238 g/mol. The molecule has 0 unspecified atom stereocenters. The molecule has 0 spiro atoms. The maximum atomic E-state index is 8.30. The van der Waals surface area contributed by atoms with Crippen molar-refractivity contribution < 1.29 is 0 Å². The summed E-state index contributed by atoms with van der Waals surface area (Å²) in [5.74, 6) is 0. The molecule has 0 aromatic carbocycles. The summed E-state index contributed by atoms with van der Waals surface area (Å²) in [5.41, 5.74) is 0. The molecule has 0 aromatic rings. The molecular formula is C6H11IN2. The van der Waals surface area contributed by atoms with Crippen LogP contribution in [0.1, 0.15) is 6.92 Å². The highest BCUT2D eigenvalue weighted by atomic mass is 127. The van der Waals surface area contributed by atoms with Crippen LogP contribution >= 0.6 is 22.6 Å². The molecule has 0 aliphatic heterocycles. The van der Waals surface area contributed by atoms with Crippen LogP contribution in [-0.4, -0.2) is 29.0 Å². The minimum absolute atomic E-state index is 0.569. The molecule has 0 aromatic heterocycles. The van der Waals surface area contributed by atoms with Gasteiger partial charge in [-0.05, 0) is 6.54 Å². The smallest absolute Gasteiger partial charge is 0.0866 e. The number of alkyl halides is 1. The lowest BCUT2D eigenvalue weighted by Gasteiger charge is -2.13. The van der Waals surface area contributed by atoms with E-state index in [0.29, 0.717) is 6.54 Å². The number of rotatable bonds is 4. The van der Waals surface area contributed by atoms with Crippen LogP contribution in [0.4, 0.5) is 0 Å². The predicted molar refractivity (Wildman–Crippen MR) is 46.6 cm³/mol. The lowest BCUT2D eigenvalue weighted by atomic mass is 10.5. The van der Waals surface area contributed by atoms with Gasteiger partial charge in [-0.15, -0.1) is 0 Å². The molecule has 0 fully saturated rings. The topological polar surface area (TPSA) is 27.0 Å². The van der Waals surface area contributed by atoms with E-state index in [-0.39, 0.29) is 0 Å². The van der Waals surface area contributed by atoms with Crippen molar-refractivity contribution in [2.45, 2.75) is 6.92 Å². The van der Waals surface area contributed by atoms with Gasteiger partial charge in [-0.2, -0.15) is 5.26 Å². The summed E-state index contributed by atoms with van der Waals surface area (Å²) >= 11 is 2.31. The summed E-state index contributed by atoms with van der Waals surface area (Å²) in [6.45, 7) is 4.66. The third kappa shape index (κ3) is 4.67. The van der Waals surface area contributed by atoms with Crippen molar-refractivity contribution in [2.24, 2.45) is 0 Å². The van der Waals surface area contributed by atoms with Gasteiger partial charge in [0.1, 0.15) is 0 Å². The van der Waals surface area contributed by atoms with E-state index in [9.17, 15) is 0 Å². The molecule has 0 radical (unpaired) electrons. The predicted octanol–water partition coefficient (Wildman–Crippen LogP) is 1.27. The number of hydrogen-bond acceptors (Lipinski definition) is 2. The molecule has 0 N–H and O–H groups in total. The molecule has 0 heterocycles. The summed E-state index contributed by atoms with van der Waals surface area (Å²) in [6, 6.07) is 2.13. The van der Waals surface area contributed by atoms with Gasteiger partial charge >= 0.3 is 0 Å². The summed E-state index contributed by atoms with van der Waals surface area (Å²) < 4.78 is 1.10. The fraction of sp³-hybridized carbons (Fsp3) is 0.833. The van der Waals surface area contributed by atoms with Crippen molar-refractivity contribution in [2.75, 3.05) is 24.1 Å². The van der Waals surface area contributed by atoms with Crippen LogP contribution in [0, 0.1) is 11.3 Å². The van der Waals surface area contributed by atoms with Gasteiger partial charge in [0.15, 0.2) is 0 Å². The first-order valence-electron chi connectivity index (χ1n) is 3.00. The van der Waals surface area contributed by atoms with Gasteiger partial charge in [-0.25, -0.2) is 0 Å². The Hall–Kier alpha value is 0.180. The Kier molecular flexibility index (Phi) is 6.43. The third-order valence-corrected chi connectivity index (χ3v) is 1.62. The van der Waals surface area contributed by atoms with Gasteiger partial charge in [-0.3, -0.25) is 4.90 Å². The van der Waals surface area contributed by atoms with Gasteiger partial charge in [-0.1, -0.05) is 29.5 Å². The minimum Gasteiger partial charge on any atom is -0.290 e. The van der Waals surface area contributed by atoms with Crippen molar-refractivity contribution in [3.63, 3.8) is 0 Å². The van der Waals surface area contributed by atoms with Gasteiger partial charge in [0.25, 0.3) is 0 Å². The summed E-state index contributed by atoms with van der Waals surface area (Å²) in [7, 11) is 0. The zero-order valence-corrected chi connectivity index (χ0v) is 7.76. The second-order valence-corrected chi connectivity index (χ2v) is 2.79. The average Bonchev–Trinajstić information content (AvgIpc) is 1.88. The van der Waals surface area contributed by atoms with E-state index in [1.807, 2.05) is 0 Å². The van der Waals surface area contributed by atoms with E-state index in [2.05, 4.69) is 40.5 Å². The molecule has 3 heteroatoms.